The number of thiophene rings is 1. The van der Waals surface area contributed by atoms with Crippen LogP contribution in [0.2, 0.25) is 0 Å². The standard InChI is InChI=1S/C47H26N6OS/c1-2-13-27(14-3-1)43-50-44(52-45(51-43)34-21-10-17-29-28-15-5-9-26-39(28)55-42(29)34)32-19-12-25-38-40(32)31-18-11-20-33(41(31)54-38)47-48-35-22-6-4-16-30(35)46-49-36-23-7-8-24-37(36)53(46)47/h1-26H. The van der Waals surface area contributed by atoms with Crippen molar-refractivity contribution in [3.8, 4) is 45.6 Å². The van der Waals surface area contributed by atoms with Gasteiger partial charge in [-0.2, -0.15) is 0 Å². The first kappa shape index (κ1) is 30.2. The predicted molar refractivity (Wildman–Crippen MR) is 223 cm³/mol. The van der Waals surface area contributed by atoms with Crippen molar-refractivity contribution >= 4 is 81.0 Å². The van der Waals surface area contributed by atoms with E-state index in [0.29, 0.717) is 17.5 Å². The number of imidazole rings is 1. The third-order valence-electron chi connectivity index (χ3n) is 10.5. The van der Waals surface area contributed by atoms with Gasteiger partial charge in [-0.1, -0.05) is 109 Å². The Hall–Kier alpha value is -7.29. The third kappa shape index (κ3) is 4.52. The van der Waals surface area contributed by atoms with Crippen LogP contribution in [0.4, 0.5) is 0 Å². The maximum atomic E-state index is 6.83. The Morgan fingerprint density at radius 2 is 1.11 bits per heavy atom. The molecule has 5 aromatic heterocycles. The molecule has 0 saturated heterocycles. The van der Waals surface area contributed by atoms with E-state index in [0.717, 1.165) is 82.3 Å². The highest BCUT2D eigenvalue weighted by atomic mass is 32.1. The summed E-state index contributed by atoms with van der Waals surface area (Å²) in [7, 11) is 0. The first-order valence-corrected chi connectivity index (χ1v) is 18.9. The lowest BCUT2D eigenvalue weighted by Crippen LogP contribution is -2.00. The van der Waals surface area contributed by atoms with Crippen LogP contribution in [0, 0.1) is 0 Å². The molecule has 0 bridgehead atoms. The highest BCUT2D eigenvalue weighted by Crippen LogP contribution is 2.43. The van der Waals surface area contributed by atoms with E-state index >= 15 is 0 Å². The van der Waals surface area contributed by atoms with Crippen molar-refractivity contribution in [3.05, 3.63) is 158 Å². The second-order valence-corrected chi connectivity index (χ2v) is 14.7. The Balaban J connectivity index is 1.12. The van der Waals surface area contributed by atoms with Crippen molar-refractivity contribution in [1.29, 1.82) is 0 Å². The second kappa shape index (κ2) is 11.6. The molecule has 0 aliphatic heterocycles. The van der Waals surface area contributed by atoms with E-state index in [1.165, 1.54) is 15.5 Å². The van der Waals surface area contributed by atoms with Gasteiger partial charge in [0.25, 0.3) is 0 Å². The predicted octanol–water partition coefficient (Wildman–Crippen LogP) is 12.2. The van der Waals surface area contributed by atoms with Crippen LogP contribution in [0.15, 0.2) is 162 Å². The molecule has 0 saturated carbocycles. The van der Waals surface area contributed by atoms with Crippen LogP contribution in [0.25, 0.3) is 115 Å². The molecule has 0 atom stereocenters. The summed E-state index contributed by atoms with van der Waals surface area (Å²) in [4.78, 5) is 25.9. The average molecular weight is 723 g/mol. The molecular weight excluding hydrogens is 697 g/mol. The third-order valence-corrected chi connectivity index (χ3v) is 11.7. The van der Waals surface area contributed by atoms with E-state index < -0.39 is 0 Å². The fourth-order valence-corrected chi connectivity index (χ4v) is 9.20. The van der Waals surface area contributed by atoms with E-state index in [1.807, 2.05) is 78.9 Å². The molecule has 0 aliphatic rings. The van der Waals surface area contributed by atoms with Gasteiger partial charge in [-0.25, -0.2) is 24.9 Å². The molecule has 12 aromatic rings. The Bertz CT molecular complexity index is 3510. The molecule has 0 fully saturated rings. The number of aromatic nitrogens is 6. The van der Waals surface area contributed by atoms with Gasteiger partial charge < -0.3 is 4.42 Å². The Morgan fingerprint density at radius 3 is 2.00 bits per heavy atom. The summed E-state index contributed by atoms with van der Waals surface area (Å²) in [5.41, 5.74) is 8.72. The van der Waals surface area contributed by atoms with E-state index in [2.05, 4.69) is 83.3 Å². The van der Waals surface area contributed by atoms with Gasteiger partial charge in [-0.15, -0.1) is 11.3 Å². The summed E-state index contributed by atoms with van der Waals surface area (Å²) in [6, 6.07) is 53.7. The van der Waals surface area contributed by atoms with E-state index in [4.69, 9.17) is 29.3 Å². The summed E-state index contributed by atoms with van der Waals surface area (Å²) in [6.07, 6.45) is 0. The molecule has 12 rings (SSSR count). The highest BCUT2D eigenvalue weighted by molar-refractivity contribution is 7.26. The van der Waals surface area contributed by atoms with Gasteiger partial charge in [0.1, 0.15) is 16.8 Å². The maximum absolute atomic E-state index is 6.83. The van der Waals surface area contributed by atoms with Crippen LogP contribution in [0.5, 0.6) is 0 Å². The fraction of sp³-hybridized carbons (Fsp3) is 0. The number of rotatable bonds is 4. The van der Waals surface area contributed by atoms with Crippen LogP contribution in [0.1, 0.15) is 0 Å². The molecule has 256 valence electrons. The molecule has 7 aromatic carbocycles. The minimum atomic E-state index is 0.576. The summed E-state index contributed by atoms with van der Waals surface area (Å²) < 4.78 is 11.4. The summed E-state index contributed by atoms with van der Waals surface area (Å²) in [5.74, 6) is 2.58. The molecule has 0 radical (unpaired) electrons. The first-order chi connectivity index (χ1) is 27.3. The molecule has 0 amide bonds. The largest absolute Gasteiger partial charge is 0.455 e. The summed E-state index contributed by atoms with van der Waals surface area (Å²) in [5, 5.41) is 5.30. The fourth-order valence-electron chi connectivity index (χ4n) is 7.99. The summed E-state index contributed by atoms with van der Waals surface area (Å²) in [6.45, 7) is 0. The Kier molecular flexibility index (Phi) is 6.37. The highest BCUT2D eigenvalue weighted by Gasteiger charge is 2.23. The quantitative estimate of drug-likeness (QED) is 0.180. The normalized spacial score (nSPS) is 12.0. The number of nitrogens with zero attached hydrogens (tertiary/aromatic N) is 6. The van der Waals surface area contributed by atoms with Crippen molar-refractivity contribution in [3.63, 3.8) is 0 Å². The van der Waals surface area contributed by atoms with Crippen molar-refractivity contribution < 1.29 is 4.42 Å². The number of para-hydroxylation sites is 4. The Morgan fingerprint density at radius 1 is 0.455 bits per heavy atom. The zero-order valence-electron chi connectivity index (χ0n) is 29.0. The first-order valence-electron chi connectivity index (χ1n) is 18.1. The van der Waals surface area contributed by atoms with E-state index in [-0.39, 0.29) is 0 Å². The molecular formula is C47H26N6OS. The maximum Gasteiger partial charge on any atom is 0.165 e. The average Bonchev–Trinajstić information content (AvgIpc) is 3.95. The van der Waals surface area contributed by atoms with Crippen LogP contribution >= 0.6 is 11.3 Å². The molecule has 0 spiro atoms. The number of hydrogen-bond acceptors (Lipinski definition) is 7. The van der Waals surface area contributed by atoms with Crippen LogP contribution in [-0.2, 0) is 0 Å². The van der Waals surface area contributed by atoms with Gasteiger partial charge in [0.05, 0.1) is 22.1 Å². The number of benzene rings is 7. The van der Waals surface area contributed by atoms with E-state index in [9.17, 15) is 0 Å². The number of hydrogen-bond donors (Lipinski definition) is 0. The minimum Gasteiger partial charge on any atom is -0.455 e. The lowest BCUT2D eigenvalue weighted by Gasteiger charge is -2.10. The molecule has 0 aliphatic carbocycles. The van der Waals surface area contributed by atoms with Crippen molar-refractivity contribution in [2.24, 2.45) is 0 Å². The van der Waals surface area contributed by atoms with Crippen molar-refractivity contribution in [2.75, 3.05) is 0 Å². The van der Waals surface area contributed by atoms with Crippen molar-refractivity contribution in [1.82, 2.24) is 29.3 Å². The Labute approximate surface area is 316 Å². The molecule has 8 heteroatoms. The smallest absolute Gasteiger partial charge is 0.165 e. The zero-order chi connectivity index (χ0) is 36.0. The molecule has 7 nitrogen and oxygen atoms in total. The zero-order valence-corrected chi connectivity index (χ0v) is 29.8. The van der Waals surface area contributed by atoms with Crippen LogP contribution in [0.3, 0.4) is 0 Å². The summed E-state index contributed by atoms with van der Waals surface area (Å²) >= 11 is 1.77. The minimum absolute atomic E-state index is 0.576. The lowest BCUT2D eigenvalue weighted by atomic mass is 10.0. The van der Waals surface area contributed by atoms with Crippen LogP contribution < -0.4 is 0 Å². The van der Waals surface area contributed by atoms with Crippen molar-refractivity contribution in [2.45, 2.75) is 0 Å². The van der Waals surface area contributed by atoms with Gasteiger partial charge in [-0.05, 0) is 48.5 Å². The van der Waals surface area contributed by atoms with Gasteiger partial charge in [-0.3, -0.25) is 4.40 Å². The van der Waals surface area contributed by atoms with Gasteiger partial charge in [0.2, 0.25) is 0 Å². The molecule has 0 unspecified atom stereocenters. The van der Waals surface area contributed by atoms with Gasteiger partial charge >= 0.3 is 0 Å². The van der Waals surface area contributed by atoms with Gasteiger partial charge in [0.15, 0.2) is 23.3 Å². The van der Waals surface area contributed by atoms with Gasteiger partial charge in [0, 0.05) is 53.0 Å². The monoisotopic (exact) mass is 722 g/mol. The molecule has 5 heterocycles. The lowest BCUT2D eigenvalue weighted by molar-refractivity contribution is 0.669. The molecule has 55 heavy (non-hydrogen) atoms. The number of furan rings is 1. The second-order valence-electron chi connectivity index (χ2n) is 13.6. The molecule has 0 N–H and O–H groups in total. The van der Waals surface area contributed by atoms with E-state index in [1.54, 1.807) is 11.3 Å². The topological polar surface area (TPSA) is 82.0 Å². The van der Waals surface area contributed by atoms with Crippen LogP contribution in [-0.4, -0.2) is 29.3 Å². The SMILES string of the molecule is c1ccc(-c2nc(-c3cccc4c3sc3ccccc34)nc(-c3cccc4oc5c(-c6nc7ccccc7c7nc8ccccc8n67)cccc5c34)n2)cc1. The number of fused-ring (bicyclic) bond motifs is 11.